The standard InChI is InChI=1S/C25H25N5O2/c1-30-15-19(14-26-30)16-6-8-18(9-7-16)24(31)27-20-12-10-17(11-13-20)23-21-4-2-3-5-22(21)25(32)29-28-23/h2-9,14-15,17,20H,10-13H2,1H3,(H,27,31)(H,29,32). The van der Waals surface area contributed by atoms with Gasteiger partial charge in [0.15, 0.2) is 0 Å². The van der Waals surface area contributed by atoms with Crippen LogP contribution in [-0.4, -0.2) is 31.9 Å². The summed E-state index contributed by atoms with van der Waals surface area (Å²) in [6, 6.07) is 15.4. The molecule has 5 rings (SSSR count). The SMILES string of the molecule is Cn1cc(-c2ccc(C(=O)NC3CCC(c4n[nH]c(=O)c5ccccc45)CC3)cc2)cn1. The maximum atomic E-state index is 12.7. The monoisotopic (exact) mass is 427 g/mol. The van der Waals surface area contributed by atoms with Crippen molar-refractivity contribution < 1.29 is 4.79 Å². The highest BCUT2D eigenvalue weighted by atomic mass is 16.1. The minimum absolute atomic E-state index is 0.0428. The van der Waals surface area contributed by atoms with E-state index in [1.165, 1.54) is 0 Å². The molecule has 0 radical (unpaired) electrons. The summed E-state index contributed by atoms with van der Waals surface area (Å²) in [5, 5.41) is 16.0. The average Bonchev–Trinajstić information content (AvgIpc) is 3.26. The second kappa shape index (κ2) is 8.42. The van der Waals surface area contributed by atoms with Crippen LogP contribution in [0.3, 0.4) is 0 Å². The lowest BCUT2D eigenvalue weighted by Gasteiger charge is -2.29. The molecule has 2 heterocycles. The average molecular weight is 428 g/mol. The van der Waals surface area contributed by atoms with E-state index in [9.17, 15) is 9.59 Å². The summed E-state index contributed by atoms with van der Waals surface area (Å²) in [5.41, 5.74) is 3.53. The Morgan fingerprint density at radius 1 is 1.00 bits per heavy atom. The molecule has 2 aromatic carbocycles. The van der Waals surface area contributed by atoms with Gasteiger partial charge >= 0.3 is 0 Å². The van der Waals surface area contributed by atoms with E-state index in [4.69, 9.17) is 0 Å². The maximum Gasteiger partial charge on any atom is 0.272 e. The lowest BCUT2D eigenvalue weighted by atomic mass is 9.82. The van der Waals surface area contributed by atoms with Crippen molar-refractivity contribution in [2.45, 2.75) is 37.6 Å². The van der Waals surface area contributed by atoms with Crippen molar-refractivity contribution in [3.63, 3.8) is 0 Å². The van der Waals surface area contributed by atoms with Crippen molar-refractivity contribution in [2.24, 2.45) is 7.05 Å². The number of nitrogens with one attached hydrogen (secondary N) is 2. The van der Waals surface area contributed by atoms with E-state index in [1.807, 2.05) is 68.0 Å². The minimum Gasteiger partial charge on any atom is -0.349 e. The number of aromatic amines is 1. The molecule has 7 nitrogen and oxygen atoms in total. The van der Waals surface area contributed by atoms with Crippen molar-refractivity contribution in [1.82, 2.24) is 25.3 Å². The number of aryl methyl sites for hydroxylation is 1. The van der Waals surface area contributed by atoms with Crippen LogP contribution in [0.5, 0.6) is 0 Å². The van der Waals surface area contributed by atoms with Crippen LogP contribution in [0.2, 0.25) is 0 Å². The highest BCUT2D eigenvalue weighted by Gasteiger charge is 2.26. The third-order valence-electron chi connectivity index (χ3n) is 6.36. The summed E-state index contributed by atoms with van der Waals surface area (Å²) in [5.74, 6) is 0.238. The molecule has 1 aliphatic carbocycles. The first-order valence-electron chi connectivity index (χ1n) is 11.0. The first kappa shape index (κ1) is 20.2. The second-order valence-electron chi connectivity index (χ2n) is 8.49. The Kier molecular flexibility index (Phi) is 5.31. The number of hydrogen-bond donors (Lipinski definition) is 2. The first-order chi connectivity index (χ1) is 15.6. The summed E-state index contributed by atoms with van der Waals surface area (Å²) < 4.78 is 1.76. The molecule has 1 aliphatic rings. The van der Waals surface area contributed by atoms with Gasteiger partial charge in [0.2, 0.25) is 0 Å². The van der Waals surface area contributed by atoms with Gasteiger partial charge in [-0.3, -0.25) is 14.3 Å². The first-order valence-corrected chi connectivity index (χ1v) is 11.0. The van der Waals surface area contributed by atoms with Crippen LogP contribution in [0.25, 0.3) is 21.9 Å². The normalized spacial score (nSPS) is 18.5. The van der Waals surface area contributed by atoms with Crippen molar-refractivity contribution in [1.29, 1.82) is 0 Å². The van der Waals surface area contributed by atoms with Gasteiger partial charge in [-0.2, -0.15) is 10.2 Å². The third-order valence-corrected chi connectivity index (χ3v) is 6.36. The number of benzene rings is 2. The molecule has 7 heteroatoms. The Labute approximate surface area is 185 Å². The van der Waals surface area contributed by atoms with Gasteiger partial charge in [-0.05, 0) is 49.4 Å². The number of aromatic nitrogens is 4. The molecule has 162 valence electrons. The molecule has 0 saturated heterocycles. The molecular formula is C25H25N5O2. The fourth-order valence-electron chi connectivity index (χ4n) is 4.61. The highest BCUT2D eigenvalue weighted by molar-refractivity contribution is 5.94. The van der Waals surface area contributed by atoms with Crippen LogP contribution in [0.1, 0.15) is 47.7 Å². The molecule has 0 aliphatic heterocycles. The van der Waals surface area contributed by atoms with Gasteiger partial charge in [-0.1, -0.05) is 30.3 Å². The van der Waals surface area contributed by atoms with Crippen LogP contribution in [0.4, 0.5) is 0 Å². The fourth-order valence-corrected chi connectivity index (χ4v) is 4.61. The Morgan fingerprint density at radius 3 is 2.41 bits per heavy atom. The quantitative estimate of drug-likeness (QED) is 0.518. The number of carbonyl (C=O) groups excluding carboxylic acids is 1. The zero-order chi connectivity index (χ0) is 22.1. The Morgan fingerprint density at radius 2 is 1.72 bits per heavy atom. The van der Waals surface area contributed by atoms with Gasteiger partial charge in [-0.15, -0.1) is 0 Å². The summed E-state index contributed by atoms with van der Waals surface area (Å²) in [6.45, 7) is 0. The van der Waals surface area contributed by atoms with Gasteiger partial charge < -0.3 is 5.32 Å². The van der Waals surface area contributed by atoms with E-state index < -0.39 is 0 Å². The number of H-pyrrole nitrogens is 1. The summed E-state index contributed by atoms with van der Waals surface area (Å²) in [6.07, 6.45) is 7.39. The lowest BCUT2D eigenvalue weighted by Crippen LogP contribution is -2.37. The van der Waals surface area contributed by atoms with Crippen LogP contribution >= 0.6 is 0 Å². The van der Waals surface area contributed by atoms with Gasteiger partial charge in [0, 0.05) is 41.7 Å². The molecule has 0 unspecified atom stereocenters. The van der Waals surface area contributed by atoms with Gasteiger partial charge in [0.25, 0.3) is 11.5 Å². The van der Waals surface area contributed by atoms with E-state index in [0.717, 1.165) is 47.9 Å². The molecule has 2 N–H and O–H groups in total. The topological polar surface area (TPSA) is 92.7 Å². The van der Waals surface area contributed by atoms with Crippen molar-refractivity contribution in [2.75, 3.05) is 0 Å². The van der Waals surface area contributed by atoms with E-state index >= 15 is 0 Å². The smallest absolute Gasteiger partial charge is 0.272 e. The highest BCUT2D eigenvalue weighted by Crippen LogP contribution is 2.34. The van der Waals surface area contributed by atoms with Crippen molar-refractivity contribution in [3.8, 4) is 11.1 Å². The summed E-state index contributed by atoms with van der Waals surface area (Å²) in [7, 11) is 1.88. The molecular weight excluding hydrogens is 402 g/mol. The molecule has 0 spiro atoms. The van der Waals surface area contributed by atoms with Crippen molar-refractivity contribution >= 4 is 16.7 Å². The van der Waals surface area contributed by atoms with Gasteiger partial charge in [-0.25, -0.2) is 5.10 Å². The van der Waals surface area contributed by atoms with Gasteiger partial charge in [0.05, 0.1) is 17.3 Å². The van der Waals surface area contributed by atoms with Crippen LogP contribution in [0, 0.1) is 0 Å². The number of fused-ring (bicyclic) bond motifs is 1. The number of amides is 1. The van der Waals surface area contributed by atoms with Crippen molar-refractivity contribution in [3.05, 3.63) is 82.5 Å². The molecule has 1 fully saturated rings. The summed E-state index contributed by atoms with van der Waals surface area (Å²) in [4.78, 5) is 24.8. The van der Waals surface area contributed by atoms with Gasteiger partial charge in [0.1, 0.15) is 0 Å². The Balaban J connectivity index is 1.22. The molecule has 1 amide bonds. The molecule has 0 bridgehead atoms. The zero-order valence-corrected chi connectivity index (χ0v) is 17.9. The molecule has 0 atom stereocenters. The van der Waals surface area contributed by atoms with Crippen LogP contribution in [-0.2, 0) is 7.05 Å². The summed E-state index contributed by atoms with van der Waals surface area (Å²) >= 11 is 0. The zero-order valence-electron chi connectivity index (χ0n) is 17.9. The van der Waals surface area contributed by atoms with E-state index in [-0.39, 0.29) is 23.4 Å². The maximum absolute atomic E-state index is 12.7. The number of nitrogens with zero attached hydrogens (tertiary/aromatic N) is 3. The van der Waals surface area contributed by atoms with E-state index in [1.54, 1.807) is 4.68 Å². The van der Waals surface area contributed by atoms with E-state index in [2.05, 4.69) is 20.6 Å². The predicted molar refractivity (Wildman–Crippen MR) is 123 cm³/mol. The van der Waals surface area contributed by atoms with Crippen LogP contribution < -0.4 is 10.9 Å². The third kappa shape index (κ3) is 3.93. The molecule has 4 aromatic rings. The number of hydrogen-bond acceptors (Lipinski definition) is 4. The molecule has 1 saturated carbocycles. The molecule has 2 aromatic heterocycles. The second-order valence-corrected chi connectivity index (χ2v) is 8.49. The number of carbonyl (C=O) groups is 1. The Hall–Kier alpha value is -3.74. The molecule has 32 heavy (non-hydrogen) atoms. The largest absolute Gasteiger partial charge is 0.349 e. The predicted octanol–water partition coefficient (Wildman–Crippen LogP) is 3.78. The fraction of sp³-hybridized carbons (Fsp3) is 0.280. The Bertz CT molecular complexity index is 1310. The minimum atomic E-state index is -0.153. The number of rotatable bonds is 4. The van der Waals surface area contributed by atoms with E-state index in [0.29, 0.717) is 10.9 Å². The van der Waals surface area contributed by atoms with Crippen LogP contribution in [0.15, 0.2) is 65.7 Å². The lowest BCUT2D eigenvalue weighted by molar-refractivity contribution is 0.0925.